The zero-order chi connectivity index (χ0) is 15.1. The maximum atomic E-state index is 12.0. The number of nitrogens with one attached hydrogen (secondary N) is 1. The third-order valence-corrected chi connectivity index (χ3v) is 3.21. The molecule has 7 nitrogen and oxygen atoms in total. The van der Waals surface area contributed by atoms with Crippen molar-refractivity contribution in [2.75, 3.05) is 33.4 Å². The monoisotopic (exact) mass is 286 g/mol. The van der Waals surface area contributed by atoms with E-state index in [0.717, 1.165) is 0 Å². The molecule has 1 aliphatic heterocycles. The third-order valence-electron chi connectivity index (χ3n) is 3.21. The zero-order valence-electron chi connectivity index (χ0n) is 12.2. The van der Waals surface area contributed by atoms with Crippen LogP contribution in [-0.4, -0.2) is 56.2 Å². The number of imide groups is 1. The minimum atomic E-state index is -0.515. The summed E-state index contributed by atoms with van der Waals surface area (Å²) in [5.41, 5.74) is 0. The lowest BCUT2D eigenvalue weighted by atomic mass is 9.94. The highest BCUT2D eigenvalue weighted by atomic mass is 16.6. The van der Waals surface area contributed by atoms with Gasteiger partial charge in [-0.1, -0.05) is 13.8 Å². The maximum absolute atomic E-state index is 12.0. The van der Waals surface area contributed by atoms with E-state index < -0.39 is 6.09 Å². The molecule has 0 aromatic heterocycles. The molecule has 0 aliphatic carbocycles. The van der Waals surface area contributed by atoms with Gasteiger partial charge in [-0.3, -0.25) is 14.5 Å². The van der Waals surface area contributed by atoms with E-state index in [1.165, 1.54) is 11.9 Å². The van der Waals surface area contributed by atoms with E-state index in [9.17, 15) is 14.4 Å². The molecule has 114 valence electrons. The zero-order valence-corrected chi connectivity index (χ0v) is 12.2. The number of likely N-dealkylation sites (tertiary alicyclic amines) is 1. The van der Waals surface area contributed by atoms with E-state index in [1.54, 1.807) is 0 Å². The summed E-state index contributed by atoms with van der Waals surface area (Å²) in [6.07, 6.45) is -0.228. The summed E-state index contributed by atoms with van der Waals surface area (Å²) in [6.45, 7) is 4.74. The molecule has 1 fully saturated rings. The van der Waals surface area contributed by atoms with E-state index >= 15 is 0 Å². The lowest BCUT2D eigenvalue weighted by Crippen LogP contribution is -2.34. The molecule has 1 saturated heterocycles. The molecule has 0 aromatic rings. The van der Waals surface area contributed by atoms with Crippen LogP contribution in [0.15, 0.2) is 0 Å². The summed E-state index contributed by atoms with van der Waals surface area (Å²) in [7, 11) is 1.47. The lowest BCUT2D eigenvalue weighted by Gasteiger charge is -2.16. The minimum Gasteiger partial charge on any atom is -0.447 e. The van der Waals surface area contributed by atoms with Crippen molar-refractivity contribution in [3.05, 3.63) is 0 Å². The summed E-state index contributed by atoms with van der Waals surface area (Å²) in [5.74, 6) is -0.300. The smallest absolute Gasteiger partial charge is 0.406 e. The first kappa shape index (κ1) is 16.4. The number of ether oxygens (including phenoxy) is 2. The van der Waals surface area contributed by atoms with Gasteiger partial charge in [-0.2, -0.15) is 0 Å². The van der Waals surface area contributed by atoms with E-state index in [4.69, 9.17) is 9.47 Å². The van der Waals surface area contributed by atoms with Gasteiger partial charge in [0.2, 0.25) is 11.8 Å². The van der Waals surface area contributed by atoms with Crippen LogP contribution in [0.5, 0.6) is 0 Å². The fourth-order valence-electron chi connectivity index (χ4n) is 1.99. The van der Waals surface area contributed by atoms with Gasteiger partial charge in [-0.25, -0.2) is 4.79 Å². The van der Waals surface area contributed by atoms with Crippen LogP contribution in [0, 0.1) is 11.8 Å². The van der Waals surface area contributed by atoms with Gasteiger partial charge in [-0.15, -0.1) is 0 Å². The average Bonchev–Trinajstić information content (AvgIpc) is 2.69. The molecule has 7 heteroatoms. The predicted octanol–water partition coefficient (Wildman–Crippen LogP) is 0.390. The fraction of sp³-hybridized carbons (Fsp3) is 0.769. The molecule has 3 amide bonds. The van der Waals surface area contributed by atoms with Gasteiger partial charge in [0.1, 0.15) is 6.61 Å². The second-order valence-electron chi connectivity index (χ2n) is 4.94. The van der Waals surface area contributed by atoms with E-state index in [0.29, 0.717) is 0 Å². The Bertz CT molecular complexity index is 370. The molecule has 0 radical (unpaired) electrons. The van der Waals surface area contributed by atoms with Crippen LogP contribution < -0.4 is 5.32 Å². The molecule has 1 aliphatic rings. The summed E-state index contributed by atoms with van der Waals surface area (Å²) in [6, 6.07) is 0. The number of alkyl carbamates (subject to hydrolysis) is 1. The molecule has 0 spiro atoms. The number of rotatable bonds is 7. The number of hydrogen-bond donors (Lipinski definition) is 1. The van der Waals surface area contributed by atoms with Crippen LogP contribution in [0.1, 0.15) is 20.3 Å². The molecule has 1 atom stereocenters. The van der Waals surface area contributed by atoms with Crippen LogP contribution in [0.4, 0.5) is 4.79 Å². The van der Waals surface area contributed by atoms with Crippen molar-refractivity contribution in [2.24, 2.45) is 11.8 Å². The highest BCUT2D eigenvalue weighted by molar-refractivity contribution is 6.03. The van der Waals surface area contributed by atoms with Gasteiger partial charge in [0.15, 0.2) is 0 Å². The third kappa shape index (κ3) is 4.48. The van der Waals surface area contributed by atoms with Crippen molar-refractivity contribution in [1.29, 1.82) is 0 Å². The van der Waals surface area contributed by atoms with E-state index in [2.05, 4.69) is 5.32 Å². The summed E-state index contributed by atoms with van der Waals surface area (Å²) >= 11 is 0. The molecule has 0 aromatic carbocycles. The Morgan fingerprint density at radius 2 is 2.05 bits per heavy atom. The minimum absolute atomic E-state index is 0.116. The van der Waals surface area contributed by atoms with Gasteiger partial charge in [0.25, 0.3) is 0 Å². The highest BCUT2D eigenvalue weighted by Crippen LogP contribution is 2.25. The standard InChI is InChI=1S/C13H22N2O5/c1-9(2)10-8-11(16)15(12(10)17)4-5-19-6-7-20-13(18)14-3/h9-10H,4-8H2,1-3H3,(H,14,18). The molecule has 0 bridgehead atoms. The highest BCUT2D eigenvalue weighted by Gasteiger charge is 2.39. The second-order valence-corrected chi connectivity index (χ2v) is 4.94. The quantitative estimate of drug-likeness (QED) is 0.540. The van der Waals surface area contributed by atoms with Gasteiger partial charge in [0, 0.05) is 19.4 Å². The molecule has 1 unspecified atom stereocenters. The van der Waals surface area contributed by atoms with Crippen molar-refractivity contribution in [2.45, 2.75) is 20.3 Å². The number of amides is 3. The fourth-order valence-corrected chi connectivity index (χ4v) is 1.99. The maximum Gasteiger partial charge on any atom is 0.406 e. The predicted molar refractivity (Wildman–Crippen MR) is 70.9 cm³/mol. The number of hydrogen-bond acceptors (Lipinski definition) is 5. The first-order valence-corrected chi connectivity index (χ1v) is 6.73. The molecule has 1 heterocycles. The Morgan fingerprint density at radius 1 is 1.35 bits per heavy atom. The van der Waals surface area contributed by atoms with E-state index in [-0.39, 0.29) is 56.4 Å². The lowest BCUT2D eigenvalue weighted by molar-refractivity contribution is -0.140. The topological polar surface area (TPSA) is 84.9 Å². The molecular formula is C13H22N2O5. The molecule has 0 saturated carbocycles. The number of carbonyl (C=O) groups is 3. The van der Waals surface area contributed by atoms with Crippen molar-refractivity contribution in [1.82, 2.24) is 10.2 Å². The SMILES string of the molecule is CNC(=O)OCCOCCN1C(=O)CC(C(C)C)C1=O. The summed E-state index contributed by atoms with van der Waals surface area (Å²) in [5, 5.41) is 2.31. The second kappa shape index (κ2) is 7.84. The normalized spacial score (nSPS) is 18.8. The Kier molecular flexibility index (Phi) is 6.44. The Labute approximate surface area is 118 Å². The van der Waals surface area contributed by atoms with Gasteiger partial charge in [-0.05, 0) is 5.92 Å². The van der Waals surface area contributed by atoms with Crippen LogP contribution >= 0.6 is 0 Å². The number of nitrogens with zero attached hydrogens (tertiary/aromatic N) is 1. The van der Waals surface area contributed by atoms with Crippen molar-refractivity contribution in [3.8, 4) is 0 Å². The van der Waals surface area contributed by atoms with Gasteiger partial charge < -0.3 is 14.8 Å². The van der Waals surface area contributed by atoms with Crippen LogP contribution in [0.25, 0.3) is 0 Å². The van der Waals surface area contributed by atoms with Crippen LogP contribution in [0.2, 0.25) is 0 Å². The van der Waals surface area contributed by atoms with Crippen LogP contribution in [-0.2, 0) is 19.1 Å². The first-order valence-electron chi connectivity index (χ1n) is 6.73. The summed E-state index contributed by atoms with van der Waals surface area (Å²) in [4.78, 5) is 35.7. The Hall–Kier alpha value is -1.63. The van der Waals surface area contributed by atoms with Gasteiger partial charge in [0.05, 0.1) is 19.8 Å². The van der Waals surface area contributed by atoms with Crippen molar-refractivity contribution >= 4 is 17.9 Å². The molecule has 1 N–H and O–H groups in total. The van der Waals surface area contributed by atoms with Gasteiger partial charge >= 0.3 is 6.09 Å². The summed E-state index contributed by atoms with van der Waals surface area (Å²) < 4.78 is 9.96. The number of carbonyl (C=O) groups excluding carboxylic acids is 3. The van der Waals surface area contributed by atoms with Crippen molar-refractivity contribution < 1.29 is 23.9 Å². The van der Waals surface area contributed by atoms with Crippen molar-refractivity contribution in [3.63, 3.8) is 0 Å². The molecule has 20 heavy (non-hydrogen) atoms. The Morgan fingerprint density at radius 3 is 2.60 bits per heavy atom. The molecule has 1 rings (SSSR count). The van der Waals surface area contributed by atoms with Crippen LogP contribution in [0.3, 0.4) is 0 Å². The molecular weight excluding hydrogens is 264 g/mol. The Balaban J connectivity index is 2.20. The first-order chi connectivity index (χ1) is 9.47. The van der Waals surface area contributed by atoms with E-state index in [1.807, 2.05) is 13.8 Å². The average molecular weight is 286 g/mol. The largest absolute Gasteiger partial charge is 0.447 e.